The van der Waals surface area contributed by atoms with Crippen LogP contribution in [0, 0.1) is 11.3 Å². The standard InChI is InChI=1S/C19H20N4O4/c1-25-16-7-3-6-14(17(16)26-2)19(24)23-10-4-5-13(12-23)27-18-15(11-20)21-8-9-22-18/h3,6-9,13H,4-5,10,12H2,1-2H3. The number of likely N-dealkylation sites (tertiary alicyclic amines) is 1. The molecular formula is C19H20N4O4. The van der Waals surface area contributed by atoms with E-state index in [0.717, 1.165) is 12.8 Å². The Kier molecular flexibility index (Phi) is 5.71. The lowest BCUT2D eigenvalue weighted by molar-refractivity contribution is 0.0523. The van der Waals surface area contributed by atoms with Crippen LogP contribution >= 0.6 is 0 Å². The molecule has 1 aromatic heterocycles. The first kappa shape index (κ1) is 18.5. The number of amides is 1. The third-order valence-corrected chi connectivity index (χ3v) is 4.35. The van der Waals surface area contributed by atoms with Crippen LogP contribution in [0.25, 0.3) is 0 Å². The zero-order chi connectivity index (χ0) is 19.2. The summed E-state index contributed by atoms with van der Waals surface area (Å²) in [4.78, 5) is 22.8. The highest BCUT2D eigenvalue weighted by atomic mass is 16.5. The molecule has 1 saturated heterocycles. The molecule has 27 heavy (non-hydrogen) atoms. The number of carbonyl (C=O) groups is 1. The van der Waals surface area contributed by atoms with Crippen molar-refractivity contribution in [3.8, 4) is 23.4 Å². The maximum atomic E-state index is 13.0. The molecule has 0 N–H and O–H groups in total. The molecule has 1 amide bonds. The Morgan fingerprint density at radius 3 is 2.81 bits per heavy atom. The van der Waals surface area contributed by atoms with Gasteiger partial charge in [0.05, 0.1) is 26.3 Å². The van der Waals surface area contributed by atoms with Gasteiger partial charge >= 0.3 is 0 Å². The van der Waals surface area contributed by atoms with Crippen molar-refractivity contribution >= 4 is 5.91 Å². The minimum Gasteiger partial charge on any atom is -0.493 e. The summed E-state index contributed by atoms with van der Waals surface area (Å²) in [6, 6.07) is 7.18. The van der Waals surface area contributed by atoms with Crippen LogP contribution in [0.15, 0.2) is 30.6 Å². The van der Waals surface area contributed by atoms with E-state index < -0.39 is 0 Å². The van der Waals surface area contributed by atoms with Crippen LogP contribution in [0.3, 0.4) is 0 Å². The SMILES string of the molecule is COc1cccc(C(=O)N2CCCC(Oc3nccnc3C#N)C2)c1OC. The van der Waals surface area contributed by atoms with Crippen LogP contribution < -0.4 is 14.2 Å². The lowest BCUT2D eigenvalue weighted by Gasteiger charge is -2.33. The van der Waals surface area contributed by atoms with Crippen molar-refractivity contribution in [3.05, 3.63) is 41.9 Å². The molecule has 1 aliphatic rings. The van der Waals surface area contributed by atoms with Gasteiger partial charge in [-0.3, -0.25) is 4.79 Å². The van der Waals surface area contributed by atoms with E-state index in [1.165, 1.54) is 26.6 Å². The topological polar surface area (TPSA) is 97.6 Å². The molecule has 8 nitrogen and oxygen atoms in total. The van der Waals surface area contributed by atoms with Gasteiger partial charge in [-0.2, -0.15) is 5.26 Å². The van der Waals surface area contributed by atoms with E-state index in [-0.39, 0.29) is 23.6 Å². The van der Waals surface area contributed by atoms with Crippen molar-refractivity contribution in [3.63, 3.8) is 0 Å². The number of benzene rings is 1. The smallest absolute Gasteiger partial charge is 0.257 e. The van der Waals surface area contributed by atoms with Gasteiger partial charge in [-0.15, -0.1) is 0 Å². The van der Waals surface area contributed by atoms with Crippen LogP contribution in [-0.2, 0) is 0 Å². The first-order valence-electron chi connectivity index (χ1n) is 8.56. The van der Waals surface area contributed by atoms with Gasteiger partial charge in [0.25, 0.3) is 11.8 Å². The Bertz CT molecular complexity index is 865. The second-order valence-electron chi connectivity index (χ2n) is 6.00. The third kappa shape index (κ3) is 3.92. The van der Waals surface area contributed by atoms with Crippen LogP contribution in [0.2, 0.25) is 0 Å². The number of nitriles is 1. The Morgan fingerprint density at radius 1 is 1.26 bits per heavy atom. The number of piperidine rings is 1. The van der Waals surface area contributed by atoms with Crippen molar-refractivity contribution in [1.82, 2.24) is 14.9 Å². The minimum atomic E-state index is -0.261. The van der Waals surface area contributed by atoms with Crippen LogP contribution in [0.4, 0.5) is 0 Å². The molecule has 0 spiro atoms. The number of methoxy groups -OCH3 is 2. The second-order valence-corrected chi connectivity index (χ2v) is 6.00. The Morgan fingerprint density at radius 2 is 2.07 bits per heavy atom. The largest absolute Gasteiger partial charge is 0.493 e. The van der Waals surface area contributed by atoms with Gasteiger partial charge in [-0.25, -0.2) is 9.97 Å². The molecule has 8 heteroatoms. The van der Waals surface area contributed by atoms with E-state index in [1.807, 2.05) is 6.07 Å². The summed E-state index contributed by atoms with van der Waals surface area (Å²) in [5.74, 6) is 0.956. The van der Waals surface area contributed by atoms with Crippen molar-refractivity contribution in [2.24, 2.45) is 0 Å². The summed E-state index contributed by atoms with van der Waals surface area (Å²) in [5.41, 5.74) is 0.574. The predicted molar refractivity (Wildman–Crippen MR) is 95.8 cm³/mol. The number of aromatic nitrogens is 2. The van der Waals surface area contributed by atoms with Crippen molar-refractivity contribution in [2.75, 3.05) is 27.3 Å². The number of ether oxygens (including phenoxy) is 3. The quantitative estimate of drug-likeness (QED) is 0.796. The summed E-state index contributed by atoms with van der Waals surface area (Å²) in [7, 11) is 3.04. The van der Waals surface area contributed by atoms with Crippen LogP contribution in [0.1, 0.15) is 28.9 Å². The van der Waals surface area contributed by atoms with E-state index >= 15 is 0 Å². The summed E-state index contributed by atoms with van der Waals surface area (Å²) < 4.78 is 16.5. The van der Waals surface area contributed by atoms with E-state index in [1.54, 1.807) is 23.1 Å². The van der Waals surface area contributed by atoms with Crippen LogP contribution in [-0.4, -0.2) is 54.2 Å². The average Bonchev–Trinajstić information content (AvgIpc) is 2.73. The van der Waals surface area contributed by atoms with E-state index in [2.05, 4.69) is 9.97 Å². The molecule has 0 radical (unpaired) electrons. The van der Waals surface area contributed by atoms with Gasteiger partial charge < -0.3 is 19.1 Å². The average molecular weight is 368 g/mol. The predicted octanol–water partition coefficient (Wildman–Crippen LogP) is 2.05. The first-order chi connectivity index (χ1) is 13.2. The molecule has 0 aliphatic carbocycles. The monoisotopic (exact) mass is 368 g/mol. The molecule has 0 saturated carbocycles. The second kappa shape index (κ2) is 8.36. The zero-order valence-corrected chi connectivity index (χ0v) is 15.2. The number of para-hydroxylation sites is 1. The van der Waals surface area contributed by atoms with Gasteiger partial charge in [-0.1, -0.05) is 6.07 Å². The fourth-order valence-corrected chi connectivity index (χ4v) is 3.09. The summed E-state index contributed by atoms with van der Waals surface area (Å²) in [6.07, 6.45) is 4.20. The minimum absolute atomic E-state index is 0.135. The lowest BCUT2D eigenvalue weighted by Crippen LogP contribution is -2.44. The maximum Gasteiger partial charge on any atom is 0.257 e. The molecule has 0 bridgehead atoms. The number of hydrogen-bond acceptors (Lipinski definition) is 7. The third-order valence-electron chi connectivity index (χ3n) is 4.35. The highest BCUT2D eigenvalue weighted by molar-refractivity contribution is 5.98. The number of rotatable bonds is 5. The summed E-state index contributed by atoms with van der Waals surface area (Å²) >= 11 is 0. The number of hydrogen-bond donors (Lipinski definition) is 0. The van der Waals surface area contributed by atoms with E-state index in [9.17, 15) is 4.79 Å². The lowest BCUT2D eigenvalue weighted by atomic mass is 10.1. The molecule has 1 aliphatic heterocycles. The maximum absolute atomic E-state index is 13.0. The normalized spacial score (nSPS) is 16.3. The van der Waals surface area contributed by atoms with Crippen molar-refractivity contribution in [2.45, 2.75) is 18.9 Å². The molecule has 1 atom stereocenters. The van der Waals surface area contributed by atoms with Crippen molar-refractivity contribution < 1.29 is 19.0 Å². The van der Waals surface area contributed by atoms with Crippen LogP contribution in [0.5, 0.6) is 17.4 Å². The summed E-state index contributed by atoms with van der Waals surface area (Å²) in [6.45, 7) is 1.01. The molecule has 2 heterocycles. The Labute approximate surface area is 157 Å². The molecule has 2 aromatic rings. The molecular weight excluding hydrogens is 348 g/mol. The van der Waals surface area contributed by atoms with Gasteiger partial charge in [-0.05, 0) is 25.0 Å². The van der Waals surface area contributed by atoms with Gasteiger partial charge in [0.1, 0.15) is 12.2 Å². The van der Waals surface area contributed by atoms with E-state index in [0.29, 0.717) is 30.2 Å². The number of carbonyl (C=O) groups excluding carboxylic acids is 1. The Balaban J connectivity index is 1.77. The van der Waals surface area contributed by atoms with Gasteiger partial charge in [0.15, 0.2) is 11.5 Å². The highest BCUT2D eigenvalue weighted by Gasteiger charge is 2.29. The summed E-state index contributed by atoms with van der Waals surface area (Å²) in [5, 5.41) is 9.12. The molecule has 1 unspecified atom stereocenters. The van der Waals surface area contributed by atoms with Crippen molar-refractivity contribution in [1.29, 1.82) is 5.26 Å². The molecule has 1 aromatic carbocycles. The fraction of sp³-hybridized carbons (Fsp3) is 0.368. The molecule has 1 fully saturated rings. The van der Waals surface area contributed by atoms with Gasteiger partial charge in [0, 0.05) is 18.9 Å². The number of nitrogens with zero attached hydrogens (tertiary/aromatic N) is 4. The first-order valence-corrected chi connectivity index (χ1v) is 8.56. The van der Waals surface area contributed by atoms with E-state index in [4.69, 9.17) is 19.5 Å². The molecule has 140 valence electrons. The fourth-order valence-electron chi connectivity index (χ4n) is 3.09. The zero-order valence-electron chi connectivity index (χ0n) is 15.2. The van der Waals surface area contributed by atoms with Gasteiger partial charge in [0.2, 0.25) is 5.69 Å². The molecule has 3 rings (SSSR count). The highest BCUT2D eigenvalue weighted by Crippen LogP contribution is 2.32. The Hall–Kier alpha value is -3.34.